The van der Waals surface area contributed by atoms with Gasteiger partial charge in [-0.1, -0.05) is 48.0 Å². The van der Waals surface area contributed by atoms with Gasteiger partial charge in [-0.25, -0.2) is 8.78 Å². The zero-order valence-electron chi connectivity index (χ0n) is 19.3. The standard InChI is InChI=1S/C29H23ClF2N2O2/c30-24-10-8-23(9-11-24)29(36)34(19-21-6-14-26(32)15-7-21)27-3-1-2-22(16-27)17-28(35)33-18-20-4-12-25(31)13-5-20/h1-16H,17-19H2,(H,33,35). The van der Waals surface area contributed by atoms with Gasteiger partial charge in [0.2, 0.25) is 5.91 Å². The van der Waals surface area contributed by atoms with Crippen LogP contribution in [0.1, 0.15) is 27.0 Å². The van der Waals surface area contributed by atoms with Gasteiger partial charge in [0, 0.05) is 22.8 Å². The van der Waals surface area contributed by atoms with Gasteiger partial charge < -0.3 is 10.2 Å². The monoisotopic (exact) mass is 504 g/mol. The van der Waals surface area contributed by atoms with E-state index in [0.29, 0.717) is 16.3 Å². The van der Waals surface area contributed by atoms with Crippen molar-refractivity contribution < 1.29 is 18.4 Å². The van der Waals surface area contributed by atoms with Gasteiger partial charge in [-0.3, -0.25) is 9.59 Å². The fourth-order valence-electron chi connectivity index (χ4n) is 3.69. The molecular formula is C29H23ClF2N2O2. The molecule has 0 unspecified atom stereocenters. The topological polar surface area (TPSA) is 49.4 Å². The van der Waals surface area contributed by atoms with Crippen LogP contribution in [0, 0.1) is 11.6 Å². The zero-order valence-corrected chi connectivity index (χ0v) is 20.0. The SMILES string of the molecule is O=C(Cc1cccc(N(Cc2ccc(F)cc2)C(=O)c2ccc(Cl)cc2)c1)NCc1ccc(F)cc1. The van der Waals surface area contributed by atoms with Crippen molar-refractivity contribution in [1.82, 2.24) is 5.32 Å². The molecule has 0 saturated carbocycles. The first-order valence-corrected chi connectivity index (χ1v) is 11.7. The minimum Gasteiger partial charge on any atom is -0.352 e. The fourth-order valence-corrected chi connectivity index (χ4v) is 3.81. The third-order valence-electron chi connectivity index (χ3n) is 5.58. The van der Waals surface area contributed by atoms with Crippen LogP contribution < -0.4 is 10.2 Å². The van der Waals surface area contributed by atoms with E-state index in [1.165, 1.54) is 24.3 Å². The van der Waals surface area contributed by atoms with E-state index in [2.05, 4.69) is 5.32 Å². The molecule has 0 atom stereocenters. The van der Waals surface area contributed by atoms with Gasteiger partial charge in [-0.05, 0) is 77.4 Å². The highest BCUT2D eigenvalue weighted by molar-refractivity contribution is 6.30. The van der Waals surface area contributed by atoms with Crippen molar-refractivity contribution in [3.8, 4) is 0 Å². The summed E-state index contributed by atoms with van der Waals surface area (Å²) in [6, 6.07) is 25.6. The van der Waals surface area contributed by atoms with Crippen molar-refractivity contribution in [3.05, 3.63) is 136 Å². The second-order valence-corrected chi connectivity index (χ2v) is 8.71. The Kier molecular flexibility index (Phi) is 8.08. The molecule has 182 valence electrons. The third-order valence-corrected chi connectivity index (χ3v) is 5.83. The van der Waals surface area contributed by atoms with Gasteiger partial charge in [0.25, 0.3) is 5.91 Å². The Bertz CT molecular complexity index is 1340. The van der Waals surface area contributed by atoms with E-state index in [1.54, 1.807) is 71.6 Å². The lowest BCUT2D eigenvalue weighted by Crippen LogP contribution is -2.30. The van der Waals surface area contributed by atoms with Crippen molar-refractivity contribution in [2.24, 2.45) is 0 Å². The van der Waals surface area contributed by atoms with Crippen LogP contribution in [0.2, 0.25) is 5.02 Å². The molecule has 36 heavy (non-hydrogen) atoms. The largest absolute Gasteiger partial charge is 0.352 e. The van der Waals surface area contributed by atoms with E-state index in [9.17, 15) is 18.4 Å². The molecule has 0 aliphatic rings. The van der Waals surface area contributed by atoms with Crippen LogP contribution in [0.4, 0.5) is 14.5 Å². The first kappa shape index (κ1) is 25.1. The lowest BCUT2D eigenvalue weighted by Gasteiger charge is -2.24. The molecule has 0 saturated heterocycles. The number of anilines is 1. The second-order valence-electron chi connectivity index (χ2n) is 8.27. The first-order chi connectivity index (χ1) is 17.4. The van der Waals surface area contributed by atoms with Gasteiger partial charge in [-0.15, -0.1) is 0 Å². The van der Waals surface area contributed by atoms with E-state index in [-0.39, 0.29) is 43.0 Å². The molecule has 4 rings (SSSR count). The summed E-state index contributed by atoms with van der Waals surface area (Å²) in [6.45, 7) is 0.493. The lowest BCUT2D eigenvalue weighted by molar-refractivity contribution is -0.120. The second kappa shape index (κ2) is 11.6. The number of carbonyl (C=O) groups excluding carboxylic acids is 2. The van der Waals surface area contributed by atoms with Crippen molar-refractivity contribution >= 4 is 29.1 Å². The maximum Gasteiger partial charge on any atom is 0.258 e. The first-order valence-electron chi connectivity index (χ1n) is 11.3. The molecule has 2 amide bonds. The number of hydrogen-bond acceptors (Lipinski definition) is 2. The van der Waals surface area contributed by atoms with Gasteiger partial charge >= 0.3 is 0 Å². The minimum absolute atomic E-state index is 0.106. The smallest absolute Gasteiger partial charge is 0.258 e. The lowest BCUT2D eigenvalue weighted by atomic mass is 10.1. The Morgan fingerprint density at radius 3 is 2.00 bits per heavy atom. The summed E-state index contributed by atoms with van der Waals surface area (Å²) < 4.78 is 26.5. The molecule has 0 fully saturated rings. The molecule has 0 radical (unpaired) electrons. The van der Waals surface area contributed by atoms with Gasteiger partial charge in [0.15, 0.2) is 0 Å². The van der Waals surface area contributed by atoms with Gasteiger partial charge in [0.05, 0.1) is 13.0 Å². The van der Waals surface area contributed by atoms with Gasteiger partial charge in [0.1, 0.15) is 11.6 Å². The molecule has 0 aliphatic carbocycles. The minimum atomic E-state index is -0.358. The van der Waals surface area contributed by atoms with E-state index >= 15 is 0 Å². The summed E-state index contributed by atoms with van der Waals surface area (Å²) in [5.74, 6) is -1.15. The average molecular weight is 505 g/mol. The van der Waals surface area contributed by atoms with E-state index in [0.717, 1.165) is 16.7 Å². The molecule has 0 aromatic heterocycles. The molecule has 0 heterocycles. The third kappa shape index (κ3) is 6.77. The summed E-state index contributed by atoms with van der Waals surface area (Å²) >= 11 is 5.98. The number of amides is 2. The molecule has 7 heteroatoms. The number of carbonyl (C=O) groups is 2. The van der Waals surface area contributed by atoms with Crippen LogP contribution in [0.25, 0.3) is 0 Å². The van der Waals surface area contributed by atoms with Crippen LogP contribution in [0.3, 0.4) is 0 Å². The van der Waals surface area contributed by atoms with Crippen molar-refractivity contribution in [2.75, 3.05) is 4.90 Å². The van der Waals surface area contributed by atoms with Crippen LogP contribution in [0.5, 0.6) is 0 Å². The van der Waals surface area contributed by atoms with Crippen molar-refractivity contribution in [2.45, 2.75) is 19.5 Å². The summed E-state index contributed by atoms with van der Waals surface area (Å²) in [6.07, 6.45) is 0.106. The number of halogens is 3. The predicted molar refractivity (Wildman–Crippen MR) is 137 cm³/mol. The Morgan fingerprint density at radius 1 is 0.750 bits per heavy atom. The number of hydrogen-bond donors (Lipinski definition) is 1. The maximum atomic E-state index is 13.4. The van der Waals surface area contributed by atoms with Crippen LogP contribution in [-0.2, 0) is 24.3 Å². The number of nitrogens with one attached hydrogen (secondary N) is 1. The molecule has 0 aliphatic heterocycles. The molecular weight excluding hydrogens is 482 g/mol. The zero-order chi connectivity index (χ0) is 25.5. The molecule has 4 aromatic rings. The van der Waals surface area contributed by atoms with E-state index < -0.39 is 0 Å². The highest BCUT2D eigenvalue weighted by Gasteiger charge is 2.19. The Labute approximate surface area is 213 Å². The van der Waals surface area contributed by atoms with Crippen molar-refractivity contribution in [3.63, 3.8) is 0 Å². The Balaban J connectivity index is 1.53. The quantitative estimate of drug-likeness (QED) is 0.305. The van der Waals surface area contributed by atoms with E-state index in [4.69, 9.17) is 11.6 Å². The Morgan fingerprint density at radius 2 is 1.36 bits per heavy atom. The van der Waals surface area contributed by atoms with E-state index in [1.807, 2.05) is 6.07 Å². The number of rotatable bonds is 8. The van der Waals surface area contributed by atoms with Crippen LogP contribution >= 0.6 is 11.6 Å². The fraction of sp³-hybridized carbons (Fsp3) is 0.103. The highest BCUT2D eigenvalue weighted by Crippen LogP contribution is 2.23. The highest BCUT2D eigenvalue weighted by atomic mass is 35.5. The molecule has 4 nitrogen and oxygen atoms in total. The predicted octanol–water partition coefficient (Wildman–Crippen LogP) is 6.32. The summed E-state index contributed by atoms with van der Waals surface area (Å²) in [4.78, 5) is 27.6. The van der Waals surface area contributed by atoms with Crippen LogP contribution in [0.15, 0.2) is 97.1 Å². The average Bonchev–Trinajstić information content (AvgIpc) is 2.88. The number of nitrogens with zero attached hydrogens (tertiary/aromatic N) is 1. The van der Waals surface area contributed by atoms with Crippen molar-refractivity contribution in [1.29, 1.82) is 0 Å². The van der Waals surface area contributed by atoms with Crippen LogP contribution in [-0.4, -0.2) is 11.8 Å². The Hall–Kier alpha value is -4.03. The molecule has 0 bridgehead atoms. The maximum absolute atomic E-state index is 13.4. The number of benzene rings is 4. The molecule has 0 spiro atoms. The summed E-state index contributed by atoms with van der Waals surface area (Å²) in [7, 11) is 0. The molecule has 4 aromatic carbocycles. The molecule has 1 N–H and O–H groups in total. The summed E-state index contributed by atoms with van der Waals surface area (Å²) in [5.41, 5.74) is 3.31. The van der Waals surface area contributed by atoms with Gasteiger partial charge in [-0.2, -0.15) is 0 Å². The summed E-state index contributed by atoms with van der Waals surface area (Å²) in [5, 5.41) is 3.34. The normalized spacial score (nSPS) is 10.6.